The third-order valence-corrected chi connectivity index (χ3v) is 4.26. The number of amides is 1. The Morgan fingerprint density at radius 2 is 1.92 bits per heavy atom. The van der Waals surface area contributed by atoms with Crippen molar-refractivity contribution in [2.75, 3.05) is 13.1 Å². The van der Waals surface area contributed by atoms with Crippen LogP contribution < -0.4 is 0 Å². The lowest BCUT2D eigenvalue weighted by Gasteiger charge is -2.41. The van der Waals surface area contributed by atoms with Crippen LogP contribution in [0.15, 0.2) is 0 Å². The Hall–Kier alpha value is -0.0500. The van der Waals surface area contributed by atoms with Gasteiger partial charge in [-0.15, -0.1) is 0 Å². The van der Waals surface area contributed by atoms with Crippen molar-refractivity contribution in [1.82, 2.24) is 4.90 Å². The Morgan fingerprint density at radius 3 is 2.38 bits per heavy atom. The van der Waals surface area contributed by atoms with E-state index >= 15 is 0 Å². The van der Waals surface area contributed by atoms with Crippen molar-refractivity contribution < 1.29 is 4.79 Å². The number of likely N-dealkylation sites (tertiary alicyclic amines) is 1. The summed E-state index contributed by atoms with van der Waals surface area (Å²) >= 11 is 3.62. The molecular weight excluding hydrogens is 230 g/mol. The molecule has 2 rings (SSSR count). The highest BCUT2D eigenvalue weighted by atomic mass is 79.9. The van der Waals surface area contributed by atoms with Crippen LogP contribution in [-0.4, -0.2) is 28.2 Å². The van der Waals surface area contributed by atoms with Gasteiger partial charge in [-0.25, -0.2) is 0 Å². The van der Waals surface area contributed by atoms with Crippen LogP contribution in [0.4, 0.5) is 0 Å². The van der Waals surface area contributed by atoms with E-state index in [9.17, 15) is 4.79 Å². The molecule has 0 N–H and O–H groups in total. The van der Waals surface area contributed by atoms with Gasteiger partial charge in [-0.3, -0.25) is 4.79 Å². The maximum Gasteiger partial charge on any atom is 0.239 e. The third-order valence-electron chi connectivity index (χ3n) is 3.13. The van der Waals surface area contributed by atoms with Crippen molar-refractivity contribution in [3.63, 3.8) is 0 Å². The average molecular weight is 246 g/mol. The average Bonchev–Trinajstić information content (AvgIpc) is 2.46. The summed E-state index contributed by atoms with van der Waals surface area (Å²) in [6, 6.07) is 0. The fraction of sp³-hybridized carbons (Fsp3) is 0.900. The number of carbonyl (C=O) groups is 1. The third kappa shape index (κ3) is 1.63. The fourth-order valence-electron chi connectivity index (χ4n) is 2.30. The summed E-state index contributed by atoms with van der Waals surface area (Å²) < 4.78 is -0.187. The van der Waals surface area contributed by atoms with Crippen LogP contribution in [0.5, 0.6) is 0 Å². The van der Waals surface area contributed by atoms with Crippen LogP contribution in [-0.2, 0) is 4.79 Å². The van der Waals surface area contributed by atoms with E-state index < -0.39 is 0 Å². The first-order chi connectivity index (χ1) is 6.12. The zero-order valence-corrected chi connectivity index (χ0v) is 9.64. The summed E-state index contributed by atoms with van der Waals surface area (Å²) in [5, 5.41) is 0. The van der Waals surface area contributed by atoms with Crippen LogP contribution in [0.25, 0.3) is 0 Å². The van der Waals surface area contributed by atoms with E-state index in [1.807, 2.05) is 4.90 Å². The van der Waals surface area contributed by atoms with E-state index in [4.69, 9.17) is 0 Å². The monoisotopic (exact) mass is 245 g/mol. The quantitative estimate of drug-likeness (QED) is 0.649. The van der Waals surface area contributed by atoms with Gasteiger partial charge in [-0.1, -0.05) is 35.7 Å². The summed E-state index contributed by atoms with van der Waals surface area (Å²) in [6.07, 6.45) is 4.44. The van der Waals surface area contributed by atoms with E-state index in [1.54, 1.807) is 0 Å². The van der Waals surface area contributed by atoms with Crippen LogP contribution in [0, 0.1) is 5.92 Å². The van der Waals surface area contributed by atoms with E-state index in [-0.39, 0.29) is 4.32 Å². The zero-order valence-electron chi connectivity index (χ0n) is 8.05. The zero-order chi connectivity index (χ0) is 9.47. The number of alkyl halides is 1. The molecule has 2 aliphatic rings. The van der Waals surface area contributed by atoms with Crippen LogP contribution in [0.3, 0.4) is 0 Å². The Balaban J connectivity index is 1.96. The highest BCUT2D eigenvalue weighted by Crippen LogP contribution is 2.40. The molecule has 1 aliphatic carbocycles. The maximum absolute atomic E-state index is 12.0. The van der Waals surface area contributed by atoms with Gasteiger partial charge >= 0.3 is 0 Å². The minimum Gasteiger partial charge on any atom is -0.341 e. The van der Waals surface area contributed by atoms with Crippen molar-refractivity contribution in [3.05, 3.63) is 0 Å². The van der Waals surface area contributed by atoms with Crippen LogP contribution in [0.2, 0.25) is 0 Å². The summed E-state index contributed by atoms with van der Waals surface area (Å²) in [5.74, 6) is 1.05. The second kappa shape index (κ2) is 3.26. The van der Waals surface area contributed by atoms with Crippen molar-refractivity contribution in [2.24, 2.45) is 5.92 Å². The predicted octanol–water partition coefficient (Wildman–Crippen LogP) is 2.17. The topological polar surface area (TPSA) is 20.3 Å². The van der Waals surface area contributed by atoms with Gasteiger partial charge in [0.1, 0.15) is 4.32 Å². The van der Waals surface area contributed by atoms with Crippen molar-refractivity contribution in [2.45, 2.75) is 36.9 Å². The van der Waals surface area contributed by atoms with E-state index in [0.717, 1.165) is 25.9 Å². The molecule has 0 radical (unpaired) electrons. The lowest BCUT2D eigenvalue weighted by molar-refractivity contribution is -0.139. The standard InChI is InChI=1S/C10H16BrNO/c1-8-6-12(7-8)9(13)10(11)4-2-3-5-10/h8H,2-7H2,1H3. The Bertz CT molecular complexity index is 217. The molecule has 0 unspecified atom stereocenters. The van der Waals surface area contributed by atoms with Gasteiger partial charge in [0.2, 0.25) is 5.91 Å². The van der Waals surface area contributed by atoms with E-state index in [2.05, 4.69) is 22.9 Å². The van der Waals surface area contributed by atoms with Crippen molar-refractivity contribution in [3.8, 4) is 0 Å². The molecule has 0 bridgehead atoms. The van der Waals surface area contributed by atoms with E-state index in [0.29, 0.717) is 11.8 Å². The largest absolute Gasteiger partial charge is 0.341 e. The first-order valence-electron chi connectivity index (χ1n) is 5.10. The molecule has 0 spiro atoms. The predicted molar refractivity (Wildman–Crippen MR) is 55.9 cm³/mol. The first-order valence-corrected chi connectivity index (χ1v) is 5.89. The second-order valence-corrected chi connectivity index (χ2v) is 6.01. The van der Waals surface area contributed by atoms with Gasteiger partial charge < -0.3 is 4.90 Å². The highest BCUT2D eigenvalue weighted by molar-refractivity contribution is 9.10. The molecule has 2 nitrogen and oxygen atoms in total. The number of nitrogens with zero attached hydrogens (tertiary/aromatic N) is 1. The van der Waals surface area contributed by atoms with Crippen LogP contribution >= 0.6 is 15.9 Å². The second-order valence-electron chi connectivity index (χ2n) is 4.49. The smallest absolute Gasteiger partial charge is 0.239 e. The van der Waals surface area contributed by atoms with Gasteiger partial charge in [0.25, 0.3) is 0 Å². The molecule has 0 atom stereocenters. The molecule has 0 aromatic carbocycles. The summed E-state index contributed by atoms with van der Waals surface area (Å²) in [7, 11) is 0. The summed E-state index contributed by atoms with van der Waals surface area (Å²) in [5.41, 5.74) is 0. The lowest BCUT2D eigenvalue weighted by atomic mass is 9.98. The number of carbonyl (C=O) groups excluding carboxylic acids is 1. The Kier molecular flexibility index (Phi) is 2.39. The summed E-state index contributed by atoms with van der Waals surface area (Å²) in [6.45, 7) is 4.12. The molecule has 74 valence electrons. The molecule has 2 fully saturated rings. The maximum atomic E-state index is 12.0. The molecule has 1 saturated carbocycles. The number of hydrogen-bond acceptors (Lipinski definition) is 1. The van der Waals surface area contributed by atoms with Gasteiger partial charge in [0.15, 0.2) is 0 Å². The number of rotatable bonds is 1. The molecule has 3 heteroatoms. The lowest BCUT2D eigenvalue weighted by Crippen LogP contribution is -2.54. The molecular formula is C10H16BrNO. The minimum atomic E-state index is -0.187. The molecule has 1 amide bonds. The minimum absolute atomic E-state index is 0.187. The molecule has 1 saturated heterocycles. The van der Waals surface area contributed by atoms with Crippen molar-refractivity contribution in [1.29, 1.82) is 0 Å². The first kappa shape index (κ1) is 9.50. The van der Waals surface area contributed by atoms with Gasteiger partial charge in [0, 0.05) is 13.1 Å². The number of hydrogen-bond donors (Lipinski definition) is 0. The number of halogens is 1. The van der Waals surface area contributed by atoms with Crippen LogP contribution in [0.1, 0.15) is 32.6 Å². The Morgan fingerprint density at radius 1 is 1.38 bits per heavy atom. The normalized spacial score (nSPS) is 27.4. The van der Waals surface area contributed by atoms with Gasteiger partial charge in [-0.05, 0) is 18.8 Å². The molecule has 1 heterocycles. The van der Waals surface area contributed by atoms with Gasteiger partial charge in [0.05, 0.1) is 0 Å². The SMILES string of the molecule is CC1CN(C(=O)C2(Br)CCCC2)C1. The van der Waals surface area contributed by atoms with Gasteiger partial charge in [-0.2, -0.15) is 0 Å². The molecule has 13 heavy (non-hydrogen) atoms. The van der Waals surface area contributed by atoms with E-state index in [1.165, 1.54) is 12.8 Å². The molecule has 1 aliphatic heterocycles. The fourth-order valence-corrected chi connectivity index (χ4v) is 3.11. The molecule has 0 aromatic heterocycles. The Labute approximate surface area is 87.8 Å². The highest BCUT2D eigenvalue weighted by Gasteiger charge is 2.43. The summed E-state index contributed by atoms with van der Waals surface area (Å²) in [4.78, 5) is 14.0. The van der Waals surface area contributed by atoms with Crippen molar-refractivity contribution >= 4 is 21.8 Å². The molecule has 0 aromatic rings.